The summed E-state index contributed by atoms with van der Waals surface area (Å²) >= 11 is 6.21. The minimum absolute atomic E-state index is 0.164. The SMILES string of the molecule is COC(=O)c1ncnc(N)c1C1(Cl)CC1. The number of nitrogens with two attached hydrogens (primary N) is 1. The van der Waals surface area contributed by atoms with E-state index >= 15 is 0 Å². The van der Waals surface area contributed by atoms with Crippen molar-refractivity contribution in [3.05, 3.63) is 17.6 Å². The first kappa shape index (κ1) is 10.2. The number of anilines is 1. The molecule has 1 heterocycles. The molecule has 5 nitrogen and oxygen atoms in total. The van der Waals surface area contributed by atoms with Crippen LogP contribution < -0.4 is 5.73 Å². The van der Waals surface area contributed by atoms with Crippen molar-refractivity contribution < 1.29 is 9.53 Å². The Bertz CT molecular complexity index is 418. The Hall–Kier alpha value is -1.36. The van der Waals surface area contributed by atoms with Gasteiger partial charge in [-0.2, -0.15) is 0 Å². The molecule has 1 fully saturated rings. The maximum absolute atomic E-state index is 11.4. The number of aromatic nitrogens is 2. The van der Waals surface area contributed by atoms with Crippen LogP contribution in [0.5, 0.6) is 0 Å². The van der Waals surface area contributed by atoms with Crippen LogP contribution >= 0.6 is 11.6 Å². The fourth-order valence-corrected chi connectivity index (χ4v) is 1.73. The van der Waals surface area contributed by atoms with Gasteiger partial charge < -0.3 is 10.5 Å². The van der Waals surface area contributed by atoms with E-state index in [1.165, 1.54) is 13.4 Å². The smallest absolute Gasteiger partial charge is 0.357 e. The number of hydrogen-bond donors (Lipinski definition) is 1. The van der Waals surface area contributed by atoms with Crippen LogP contribution in [0.3, 0.4) is 0 Å². The molecule has 80 valence electrons. The Kier molecular flexibility index (Phi) is 2.26. The first-order chi connectivity index (χ1) is 7.08. The van der Waals surface area contributed by atoms with E-state index in [0.717, 1.165) is 12.8 Å². The van der Waals surface area contributed by atoms with Crippen LogP contribution in [0, 0.1) is 0 Å². The second-order valence-electron chi connectivity index (χ2n) is 3.44. The molecular weight excluding hydrogens is 218 g/mol. The zero-order valence-electron chi connectivity index (χ0n) is 8.16. The molecule has 1 aromatic heterocycles. The molecule has 1 aromatic rings. The number of halogens is 1. The quantitative estimate of drug-likeness (QED) is 0.604. The third kappa shape index (κ3) is 1.63. The molecule has 0 radical (unpaired) electrons. The molecule has 1 aliphatic rings. The van der Waals surface area contributed by atoms with E-state index in [1.54, 1.807) is 0 Å². The molecule has 2 rings (SSSR count). The summed E-state index contributed by atoms with van der Waals surface area (Å²) in [4.78, 5) is 18.6. The Labute approximate surface area is 91.6 Å². The molecule has 0 spiro atoms. The lowest BCUT2D eigenvalue weighted by Gasteiger charge is -2.12. The normalized spacial score (nSPS) is 17.2. The number of methoxy groups -OCH3 is 1. The van der Waals surface area contributed by atoms with Crippen LogP contribution in [0.15, 0.2) is 6.33 Å². The molecule has 0 bridgehead atoms. The molecule has 1 aliphatic carbocycles. The minimum atomic E-state index is -0.575. The van der Waals surface area contributed by atoms with Gasteiger partial charge in [0, 0.05) is 5.56 Å². The fraction of sp³-hybridized carbons (Fsp3) is 0.444. The second-order valence-corrected chi connectivity index (χ2v) is 4.16. The molecule has 0 atom stereocenters. The summed E-state index contributed by atoms with van der Waals surface area (Å²) in [5.41, 5.74) is 6.36. The molecule has 1 saturated carbocycles. The highest BCUT2D eigenvalue weighted by molar-refractivity contribution is 6.26. The molecular formula is C9H10ClN3O2. The Balaban J connectivity index is 2.54. The summed E-state index contributed by atoms with van der Waals surface area (Å²) in [6.07, 6.45) is 2.78. The number of hydrogen-bond acceptors (Lipinski definition) is 5. The van der Waals surface area contributed by atoms with Crippen LogP contribution in [0.25, 0.3) is 0 Å². The van der Waals surface area contributed by atoms with Gasteiger partial charge in [-0.25, -0.2) is 14.8 Å². The van der Waals surface area contributed by atoms with Crippen LogP contribution in [0.2, 0.25) is 0 Å². The minimum Gasteiger partial charge on any atom is -0.464 e. The van der Waals surface area contributed by atoms with Gasteiger partial charge in [-0.1, -0.05) is 0 Å². The maximum atomic E-state index is 11.4. The molecule has 0 unspecified atom stereocenters. The molecule has 2 N–H and O–H groups in total. The molecule has 0 aliphatic heterocycles. The zero-order chi connectivity index (χ0) is 11.1. The van der Waals surface area contributed by atoms with Crippen molar-refractivity contribution in [2.24, 2.45) is 0 Å². The highest BCUT2D eigenvalue weighted by atomic mass is 35.5. The van der Waals surface area contributed by atoms with Crippen LogP contribution in [-0.2, 0) is 9.61 Å². The van der Waals surface area contributed by atoms with Gasteiger partial charge in [-0.05, 0) is 12.8 Å². The number of carbonyl (C=O) groups excluding carboxylic acids is 1. The van der Waals surface area contributed by atoms with Gasteiger partial charge in [-0.15, -0.1) is 11.6 Å². The molecule has 6 heteroatoms. The van der Waals surface area contributed by atoms with E-state index in [1.807, 2.05) is 0 Å². The van der Waals surface area contributed by atoms with Crippen molar-refractivity contribution in [2.75, 3.05) is 12.8 Å². The van der Waals surface area contributed by atoms with Gasteiger partial charge in [0.15, 0.2) is 5.69 Å². The molecule has 15 heavy (non-hydrogen) atoms. The average Bonchev–Trinajstić information content (AvgIpc) is 2.95. The number of rotatable bonds is 2. The van der Waals surface area contributed by atoms with Crippen LogP contribution in [0.4, 0.5) is 5.82 Å². The van der Waals surface area contributed by atoms with E-state index in [2.05, 4.69) is 14.7 Å². The topological polar surface area (TPSA) is 78.1 Å². The van der Waals surface area contributed by atoms with Crippen LogP contribution in [0.1, 0.15) is 28.9 Å². The molecule has 0 aromatic carbocycles. The van der Waals surface area contributed by atoms with Gasteiger partial charge in [0.2, 0.25) is 0 Å². The predicted octanol–water partition coefficient (Wildman–Crippen LogP) is 1.07. The zero-order valence-corrected chi connectivity index (χ0v) is 8.91. The predicted molar refractivity (Wildman–Crippen MR) is 54.5 cm³/mol. The van der Waals surface area contributed by atoms with Crippen molar-refractivity contribution in [1.82, 2.24) is 9.97 Å². The first-order valence-corrected chi connectivity index (χ1v) is 4.84. The van der Waals surface area contributed by atoms with E-state index in [4.69, 9.17) is 17.3 Å². The number of nitrogens with zero attached hydrogens (tertiary/aromatic N) is 2. The summed E-state index contributed by atoms with van der Waals surface area (Å²) in [6, 6.07) is 0. The van der Waals surface area contributed by atoms with Crippen molar-refractivity contribution in [3.8, 4) is 0 Å². The molecule has 0 saturated heterocycles. The van der Waals surface area contributed by atoms with Gasteiger partial charge in [0.1, 0.15) is 12.1 Å². The van der Waals surface area contributed by atoms with E-state index in [9.17, 15) is 4.79 Å². The number of ether oxygens (including phenoxy) is 1. The first-order valence-electron chi connectivity index (χ1n) is 4.46. The number of carbonyl (C=O) groups is 1. The van der Waals surface area contributed by atoms with Crippen molar-refractivity contribution in [1.29, 1.82) is 0 Å². The summed E-state index contributed by atoms with van der Waals surface area (Å²) in [5.74, 6) is -0.288. The third-order valence-electron chi connectivity index (χ3n) is 2.39. The van der Waals surface area contributed by atoms with E-state index in [0.29, 0.717) is 5.56 Å². The lowest BCUT2D eigenvalue weighted by atomic mass is 10.1. The summed E-state index contributed by atoms with van der Waals surface area (Å²) < 4.78 is 4.61. The Morgan fingerprint density at radius 3 is 2.80 bits per heavy atom. The summed E-state index contributed by atoms with van der Waals surface area (Å²) in [6.45, 7) is 0. The Morgan fingerprint density at radius 2 is 2.27 bits per heavy atom. The average molecular weight is 228 g/mol. The number of esters is 1. The maximum Gasteiger partial charge on any atom is 0.357 e. The van der Waals surface area contributed by atoms with Gasteiger partial charge in [-0.3, -0.25) is 0 Å². The largest absolute Gasteiger partial charge is 0.464 e. The molecule has 0 amide bonds. The highest BCUT2D eigenvalue weighted by Crippen LogP contribution is 2.54. The van der Waals surface area contributed by atoms with Gasteiger partial charge >= 0.3 is 5.97 Å². The van der Waals surface area contributed by atoms with E-state index < -0.39 is 10.8 Å². The van der Waals surface area contributed by atoms with Crippen molar-refractivity contribution in [2.45, 2.75) is 17.7 Å². The van der Waals surface area contributed by atoms with Crippen molar-refractivity contribution in [3.63, 3.8) is 0 Å². The lowest BCUT2D eigenvalue weighted by molar-refractivity contribution is 0.0592. The summed E-state index contributed by atoms with van der Waals surface area (Å²) in [7, 11) is 1.29. The monoisotopic (exact) mass is 227 g/mol. The van der Waals surface area contributed by atoms with Crippen molar-refractivity contribution >= 4 is 23.4 Å². The van der Waals surface area contributed by atoms with E-state index in [-0.39, 0.29) is 11.5 Å². The lowest BCUT2D eigenvalue weighted by Crippen LogP contribution is -2.16. The number of nitrogen functional groups attached to an aromatic ring is 1. The summed E-state index contributed by atoms with van der Waals surface area (Å²) in [5, 5.41) is 0. The Morgan fingerprint density at radius 1 is 1.60 bits per heavy atom. The van der Waals surface area contributed by atoms with Gasteiger partial charge in [0.25, 0.3) is 0 Å². The van der Waals surface area contributed by atoms with Gasteiger partial charge in [0.05, 0.1) is 12.0 Å². The fourth-order valence-electron chi connectivity index (χ4n) is 1.45. The highest BCUT2D eigenvalue weighted by Gasteiger charge is 2.47. The van der Waals surface area contributed by atoms with Crippen LogP contribution in [-0.4, -0.2) is 23.0 Å². The standard InChI is InChI=1S/C9H10ClN3O2/c1-15-8(14)6-5(9(10)2-3-9)7(11)13-4-12-6/h4H,2-3H2,1H3,(H2,11,12,13). The third-order valence-corrected chi connectivity index (χ3v) is 2.96. The second kappa shape index (κ2) is 3.34. The number of alkyl halides is 1.